The average molecular weight is 586 g/mol. The Bertz CT molecular complexity index is 1560. The third-order valence-corrected chi connectivity index (χ3v) is 7.94. The van der Waals surface area contributed by atoms with E-state index in [0.717, 1.165) is 21.1 Å². The third kappa shape index (κ3) is 6.08. The van der Waals surface area contributed by atoms with E-state index in [2.05, 4.69) is 4.98 Å². The molecule has 0 aliphatic rings. The number of aromatic nitrogens is 2. The number of rotatable bonds is 9. The first-order chi connectivity index (χ1) is 19.0. The molecule has 1 heterocycles. The van der Waals surface area contributed by atoms with Crippen LogP contribution in [0.1, 0.15) is 36.3 Å². The molecule has 0 bridgehead atoms. The summed E-state index contributed by atoms with van der Waals surface area (Å²) < 4.78 is 42.3. The first kappa shape index (κ1) is 29.4. The molecule has 0 aliphatic carbocycles. The number of hydrazine groups is 2. The largest absolute Gasteiger partial charge is 0.403 e. The summed E-state index contributed by atoms with van der Waals surface area (Å²) in [6.45, 7) is 3.59. The molecule has 0 spiro atoms. The molecule has 0 amide bonds. The van der Waals surface area contributed by atoms with Crippen molar-refractivity contribution in [3.8, 4) is 16.8 Å². The van der Waals surface area contributed by atoms with Gasteiger partial charge >= 0.3 is 0 Å². The van der Waals surface area contributed by atoms with Crippen molar-refractivity contribution in [1.82, 2.24) is 14.0 Å². The minimum Gasteiger partial charge on any atom is -0.403 e. The number of aryl methyl sites for hydroxylation is 1. The number of nitrogens with two attached hydrogens (primary N) is 3. The van der Waals surface area contributed by atoms with Crippen molar-refractivity contribution < 1.29 is 13.0 Å². The molecule has 8 nitrogen and oxygen atoms in total. The van der Waals surface area contributed by atoms with Gasteiger partial charge in [0.05, 0.1) is 22.0 Å². The fraction of sp³-hybridized carbons (Fsp3) is 0.179. The molecular formula is C28H30ClF2N7OS. The van der Waals surface area contributed by atoms with Crippen LogP contribution in [0.2, 0.25) is 5.02 Å². The molecule has 210 valence electrons. The highest BCUT2D eigenvalue weighted by molar-refractivity contribution is 7.82. The Balaban J connectivity index is 1.86. The predicted molar refractivity (Wildman–Crippen MR) is 156 cm³/mol. The highest BCUT2D eigenvalue weighted by Gasteiger charge is 2.23. The van der Waals surface area contributed by atoms with Crippen molar-refractivity contribution in [2.45, 2.75) is 31.1 Å². The Kier molecular flexibility index (Phi) is 9.02. The maximum atomic E-state index is 13.5. The maximum Gasteiger partial charge on any atom is 0.281 e. The van der Waals surface area contributed by atoms with Gasteiger partial charge in [-0.25, -0.2) is 23.8 Å². The van der Waals surface area contributed by atoms with Gasteiger partial charge in [0.1, 0.15) is 22.5 Å². The van der Waals surface area contributed by atoms with Gasteiger partial charge < -0.3 is 10.3 Å². The Morgan fingerprint density at radius 3 is 2.35 bits per heavy atom. The molecular weight excluding hydrogens is 556 g/mol. The van der Waals surface area contributed by atoms with Crippen LogP contribution in [0.25, 0.3) is 16.8 Å². The number of alkyl halides is 2. The number of hydrogen-bond acceptors (Lipinski definition) is 6. The van der Waals surface area contributed by atoms with E-state index in [1.54, 1.807) is 47.9 Å². The van der Waals surface area contributed by atoms with Crippen molar-refractivity contribution in [1.29, 1.82) is 0 Å². The predicted octanol–water partition coefficient (Wildman–Crippen LogP) is 5.55. The van der Waals surface area contributed by atoms with E-state index in [0.29, 0.717) is 32.8 Å². The number of benzene rings is 3. The van der Waals surface area contributed by atoms with Crippen molar-refractivity contribution in [2.75, 3.05) is 12.1 Å². The van der Waals surface area contributed by atoms with Gasteiger partial charge in [0.15, 0.2) is 0 Å². The SMILES string of the molecule is Cc1nc(C(F)F)cn1-c1ccc(-c2cccc(S(=O)N(C)N)c2)cc1N(N)/C(=C\N)C(C)c1ccc(Cl)cc1. The van der Waals surface area contributed by atoms with Crippen molar-refractivity contribution >= 4 is 28.3 Å². The van der Waals surface area contributed by atoms with Crippen LogP contribution in [0, 0.1) is 6.92 Å². The number of nitrogens with zero attached hydrogens (tertiary/aromatic N) is 4. The maximum absolute atomic E-state index is 13.5. The zero-order valence-corrected chi connectivity index (χ0v) is 23.7. The van der Waals surface area contributed by atoms with Gasteiger partial charge in [-0.1, -0.05) is 48.9 Å². The number of allylic oxidation sites excluding steroid dienone is 1. The van der Waals surface area contributed by atoms with E-state index < -0.39 is 17.4 Å². The minimum atomic E-state index is -2.73. The van der Waals surface area contributed by atoms with E-state index in [4.69, 9.17) is 29.0 Å². The Morgan fingerprint density at radius 1 is 1.07 bits per heavy atom. The minimum absolute atomic E-state index is 0.241. The summed E-state index contributed by atoms with van der Waals surface area (Å²) in [6, 6.07) is 19.9. The van der Waals surface area contributed by atoms with E-state index in [9.17, 15) is 13.0 Å². The summed E-state index contributed by atoms with van der Waals surface area (Å²) in [6.07, 6.45) is -0.0193. The molecule has 0 radical (unpaired) electrons. The second-order valence-corrected chi connectivity index (χ2v) is 11.1. The summed E-state index contributed by atoms with van der Waals surface area (Å²) in [4.78, 5) is 4.54. The monoisotopic (exact) mass is 585 g/mol. The fourth-order valence-corrected chi connectivity index (χ4v) is 5.27. The fourth-order valence-electron chi connectivity index (χ4n) is 4.39. The molecule has 2 atom stereocenters. The van der Waals surface area contributed by atoms with Crippen LogP contribution in [0.5, 0.6) is 0 Å². The first-order valence-electron chi connectivity index (χ1n) is 12.2. The number of anilines is 1. The van der Waals surface area contributed by atoms with Crippen LogP contribution in [0.3, 0.4) is 0 Å². The summed E-state index contributed by atoms with van der Waals surface area (Å²) >= 11 is 6.07. The van der Waals surface area contributed by atoms with Gasteiger partial charge in [0.2, 0.25) is 0 Å². The van der Waals surface area contributed by atoms with Crippen LogP contribution in [-0.4, -0.2) is 25.2 Å². The zero-order chi connectivity index (χ0) is 29.1. The van der Waals surface area contributed by atoms with Gasteiger partial charge in [-0.05, 0) is 60.0 Å². The number of halogens is 3. The van der Waals surface area contributed by atoms with Crippen molar-refractivity contribution in [2.24, 2.45) is 17.4 Å². The molecule has 1 aromatic heterocycles. The summed E-state index contributed by atoms with van der Waals surface area (Å²) in [5.41, 5.74) is 9.74. The van der Waals surface area contributed by atoms with Crippen LogP contribution < -0.4 is 22.4 Å². The lowest BCUT2D eigenvalue weighted by atomic mass is 9.97. The molecule has 0 saturated carbocycles. The lowest BCUT2D eigenvalue weighted by Crippen LogP contribution is -2.34. The van der Waals surface area contributed by atoms with Crippen LogP contribution in [0.15, 0.2) is 89.7 Å². The molecule has 0 aliphatic heterocycles. The van der Waals surface area contributed by atoms with Crippen LogP contribution in [0.4, 0.5) is 14.5 Å². The van der Waals surface area contributed by atoms with E-state index >= 15 is 0 Å². The molecule has 4 rings (SSSR count). The lowest BCUT2D eigenvalue weighted by molar-refractivity contribution is 0.146. The third-order valence-electron chi connectivity index (χ3n) is 6.51. The molecule has 2 unspecified atom stereocenters. The van der Waals surface area contributed by atoms with Crippen LogP contribution >= 0.6 is 11.6 Å². The number of hydrogen-bond donors (Lipinski definition) is 3. The van der Waals surface area contributed by atoms with Crippen molar-refractivity contribution in [3.63, 3.8) is 0 Å². The zero-order valence-electron chi connectivity index (χ0n) is 22.1. The van der Waals surface area contributed by atoms with Gasteiger partial charge in [0, 0.05) is 30.4 Å². The molecule has 6 N–H and O–H groups in total. The van der Waals surface area contributed by atoms with Gasteiger partial charge in [0.25, 0.3) is 6.43 Å². The molecule has 0 saturated heterocycles. The summed E-state index contributed by atoms with van der Waals surface area (Å²) in [5.74, 6) is 12.6. The average Bonchev–Trinajstić information content (AvgIpc) is 3.34. The normalized spacial score (nSPS) is 13.6. The quantitative estimate of drug-likeness (QED) is 0.175. The molecule has 12 heteroatoms. The van der Waals surface area contributed by atoms with E-state index in [1.807, 2.05) is 37.3 Å². The standard InChI is InChI=1S/C28H30ClF2N7OS/c1-17(19-7-10-22(29)11-8-19)27(15-32)38(34)26-14-21(20-5-4-6-23(13-20)40(39)36(3)33)9-12-25(26)37-16-24(28(30)31)35-18(37)2/h4-17,28H,32-34H2,1-3H3/b27-15-. The lowest BCUT2D eigenvalue weighted by Gasteiger charge is -2.29. The topological polar surface area (TPSA) is 119 Å². The summed E-state index contributed by atoms with van der Waals surface area (Å²) in [5, 5.41) is 2.04. The molecule has 40 heavy (non-hydrogen) atoms. The second-order valence-electron chi connectivity index (χ2n) is 9.15. The van der Waals surface area contributed by atoms with Gasteiger partial charge in [-0.15, -0.1) is 0 Å². The highest BCUT2D eigenvalue weighted by atomic mass is 35.5. The van der Waals surface area contributed by atoms with Crippen LogP contribution in [-0.2, 0) is 11.0 Å². The highest BCUT2D eigenvalue weighted by Crippen LogP contribution is 2.36. The number of imidazole rings is 1. The second kappa shape index (κ2) is 12.3. The molecule has 4 aromatic rings. The van der Waals surface area contributed by atoms with Gasteiger partial charge in [-0.3, -0.25) is 10.9 Å². The smallest absolute Gasteiger partial charge is 0.281 e. The molecule has 3 aromatic carbocycles. The first-order valence-corrected chi connectivity index (χ1v) is 13.7. The van der Waals surface area contributed by atoms with Gasteiger partial charge in [-0.2, -0.15) is 4.41 Å². The van der Waals surface area contributed by atoms with E-state index in [1.165, 1.54) is 24.5 Å². The Morgan fingerprint density at radius 2 is 1.75 bits per heavy atom. The Hall–Kier alpha value is -3.61. The molecule has 0 fully saturated rings. The summed E-state index contributed by atoms with van der Waals surface area (Å²) in [7, 11) is -0.0332. The van der Waals surface area contributed by atoms with Crippen molar-refractivity contribution in [3.05, 3.63) is 107 Å². The Labute approximate surface area is 239 Å². The van der Waals surface area contributed by atoms with E-state index in [-0.39, 0.29) is 11.6 Å².